The molecule has 174 valence electrons. The number of nitrogens with zero attached hydrogens (tertiary/aromatic N) is 2. The monoisotopic (exact) mass is 448 g/mol. The molecule has 2 N–H and O–H groups in total. The third-order valence-electron chi connectivity index (χ3n) is 6.15. The van der Waals surface area contributed by atoms with E-state index in [2.05, 4.69) is 4.90 Å². The second kappa shape index (κ2) is 9.70. The van der Waals surface area contributed by atoms with Gasteiger partial charge in [-0.1, -0.05) is 6.07 Å². The first-order valence-corrected chi connectivity index (χ1v) is 11.0. The maximum Gasteiger partial charge on any atom is 0.134 e. The third kappa shape index (κ3) is 5.95. The van der Waals surface area contributed by atoms with E-state index in [1.165, 1.54) is 24.3 Å². The summed E-state index contributed by atoms with van der Waals surface area (Å²) in [6.07, 6.45) is 1.14. The molecule has 0 aliphatic carbocycles. The highest BCUT2D eigenvalue weighted by molar-refractivity contribution is 5.46. The molecule has 0 saturated carbocycles. The van der Waals surface area contributed by atoms with Crippen molar-refractivity contribution in [3.05, 3.63) is 60.2 Å². The Morgan fingerprint density at radius 1 is 0.938 bits per heavy atom. The largest absolute Gasteiger partial charge is 0.490 e. The van der Waals surface area contributed by atoms with Gasteiger partial charge in [-0.25, -0.2) is 8.78 Å². The molecule has 4 rings (SSSR count). The van der Waals surface area contributed by atoms with Crippen LogP contribution in [0, 0.1) is 11.6 Å². The molecule has 2 heterocycles. The fourth-order valence-corrected chi connectivity index (χ4v) is 4.40. The minimum Gasteiger partial charge on any atom is -0.490 e. The minimum absolute atomic E-state index is 0.0380. The second-order valence-electron chi connectivity index (χ2n) is 8.92. The van der Waals surface area contributed by atoms with Crippen molar-refractivity contribution < 1.29 is 28.5 Å². The van der Waals surface area contributed by atoms with E-state index >= 15 is 0 Å². The average Bonchev–Trinajstić information content (AvgIpc) is 2.95. The van der Waals surface area contributed by atoms with E-state index in [0.717, 1.165) is 5.69 Å². The number of piperidine rings is 1. The first-order valence-electron chi connectivity index (χ1n) is 11.0. The van der Waals surface area contributed by atoms with Gasteiger partial charge in [0.05, 0.1) is 18.8 Å². The second-order valence-corrected chi connectivity index (χ2v) is 8.92. The summed E-state index contributed by atoms with van der Waals surface area (Å²) in [6.45, 7) is 3.13. The van der Waals surface area contributed by atoms with E-state index in [1.54, 1.807) is 24.3 Å². The number of β-amino-alcohol motifs (C(OH)–C–C–N with tert-alkyl or cyclic N) is 2. The highest BCUT2D eigenvalue weighted by Crippen LogP contribution is 2.28. The Hall–Kier alpha value is -2.26. The van der Waals surface area contributed by atoms with Gasteiger partial charge in [-0.2, -0.15) is 0 Å². The van der Waals surface area contributed by atoms with Crippen molar-refractivity contribution in [3.8, 4) is 5.75 Å². The molecule has 2 aliphatic heterocycles. The van der Waals surface area contributed by atoms with Crippen molar-refractivity contribution in [2.75, 3.05) is 57.4 Å². The van der Waals surface area contributed by atoms with Crippen LogP contribution in [0.4, 0.5) is 14.5 Å². The number of benzene rings is 2. The van der Waals surface area contributed by atoms with Gasteiger partial charge < -0.3 is 24.6 Å². The van der Waals surface area contributed by atoms with Gasteiger partial charge in [-0.3, -0.25) is 4.90 Å². The smallest absolute Gasteiger partial charge is 0.134 e. The molecule has 2 saturated heterocycles. The van der Waals surface area contributed by atoms with Gasteiger partial charge in [-0.15, -0.1) is 0 Å². The molecule has 2 aromatic rings. The van der Waals surface area contributed by atoms with Gasteiger partial charge in [0.1, 0.15) is 29.6 Å². The van der Waals surface area contributed by atoms with E-state index < -0.39 is 17.0 Å². The fraction of sp³-hybridized carbons (Fsp3) is 0.500. The highest BCUT2D eigenvalue weighted by Gasteiger charge is 2.39. The lowest BCUT2D eigenvalue weighted by molar-refractivity contribution is -0.0742. The van der Waals surface area contributed by atoms with E-state index in [1.807, 2.05) is 4.90 Å². The van der Waals surface area contributed by atoms with Gasteiger partial charge in [-0.05, 0) is 49.2 Å². The molecular weight excluding hydrogens is 418 g/mol. The zero-order valence-corrected chi connectivity index (χ0v) is 18.1. The summed E-state index contributed by atoms with van der Waals surface area (Å²) in [5.74, 6) is -0.317. The van der Waals surface area contributed by atoms with Crippen LogP contribution in [0.2, 0.25) is 0 Å². The van der Waals surface area contributed by atoms with Crippen molar-refractivity contribution >= 4 is 5.69 Å². The van der Waals surface area contributed by atoms with Crippen LogP contribution in [0.5, 0.6) is 5.75 Å². The number of hydrogen-bond acceptors (Lipinski definition) is 6. The summed E-state index contributed by atoms with van der Waals surface area (Å²) < 4.78 is 37.8. The predicted molar refractivity (Wildman–Crippen MR) is 117 cm³/mol. The minimum atomic E-state index is -1.27. The molecule has 0 bridgehead atoms. The fourth-order valence-electron chi connectivity index (χ4n) is 4.40. The first kappa shape index (κ1) is 22.9. The van der Waals surface area contributed by atoms with Crippen LogP contribution in [-0.2, 0) is 4.74 Å². The lowest BCUT2D eigenvalue weighted by Gasteiger charge is -2.42. The highest BCUT2D eigenvalue weighted by atomic mass is 19.1. The maximum atomic E-state index is 13.4. The summed E-state index contributed by atoms with van der Waals surface area (Å²) in [6, 6.07) is 12.2. The SMILES string of the molecule is OC1(CN2CCOC[C@@](O)(COc3cccc(F)c3)C2)CCN(c2ccc(F)cc2)CC1. The van der Waals surface area contributed by atoms with Crippen LogP contribution in [0.1, 0.15) is 12.8 Å². The molecule has 0 aromatic heterocycles. The number of anilines is 1. The molecule has 1 atom stereocenters. The number of hydrogen-bond donors (Lipinski definition) is 2. The van der Waals surface area contributed by atoms with Gasteiger partial charge in [0.15, 0.2) is 0 Å². The molecule has 2 fully saturated rings. The number of ether oxygens (including phenoxy) is 2. The van der Waals surface area contributed by atoms with E-state index in [9.17, 15) is 19.0 Å². The Morgan fingerprint density at radius 3 is 2.41 bits per heavy atom. The zero-order chi connectivity index (χ0) is 22.6. The third-order valence-corrected chi connectivity index (χ3v) is 6.15. The van der Waals surface area contributed by atoms with E-state index in [-0.39, 0.29) is 25.6 Å². The summed E-state index contributed by atoms with van der Waals surface area (Å²) in [7, 11) is 0. The molecule has 6 nitrogen and oxygen atoms in total. The van der Waals surface area contributed by atoms with Crippen LogP contribution in [0.15, 0.2) is 48.5 Å². The van der Waals surface area contributed by atoms with Crippen LogP contribution >= 0.6 is 0 Å². The van der Waals surface area contributed by atoms with Crippen molar-refractivity contribution in [1.29, 1.82) is 0 Å². The molecule has 0 radical (unpaired) electrons. The quantitative estimate of drug-likeness (QED) is 0.708. The number of rotatable bonds is 6. The molecule has 0 unspecified atom stereocenters. The Bertz CT molecular complexity index is 890. The molecule has 8 heteroatoms. The van der Waals surface area contributed by atoms with Gasteiger partial charge in [0.25, 0.3) is 0 Å². The van der Waals surface area contributed by atoms with Crippen LogP contribution < -0.4 is 9.64 Å². The van der Waals surface area contributed by atoms with Crippen LogP contribution in [0.3, 0.4) is 0 Å². The zero-order valence-electron chi connectivity index (χ0n) is 18.1. The Labute approximate surface area is 187 Å². The first-order chi connectivity index (χ1) is 15.3. The Kier molecular flexibility index (Phi) is 6.95. The summed E-state index contributed by atoms with van der Waals surface area (Å²) in [5.41, 5.74) is -1.21. The van der Waals surface area contributed by atoms with Crippen molar-refractivity contribution in [2.45, 2.75) is 24.0 Å². The maximum absolute atomic E-state index is 13.4. The topological polar surface area (TPSA) is 65.4 Å². The Balaban J connectivity index is 1.33. The van der Waals surface area contributed by atoms with Crippen LogP contribution in [0.25, 0.3) is 0 Å². The normalized spacial score (nSPS) is 24.2. The summed E-state index contributed by atoms with van der Waals surface area (Å²) >= 11 is 0. The predicted octanol–water partition coefficient (Wildman–Crippen LogP) is 2.44. The van der Waals surface area contributed by atoms with Gasteiger partial charge >= 0.3 is 0 Å². The summed E-state index contributed by atoms with van der Waals surface area (Å²) in [5, 5.41) is 22.3. The average molecular weight is 449 g/mol. The van der Waals surface area contributed by atoms with Gasteiger partial charge in [0.2, 0.25) is 0 Å². The van der Waals surface area contributed by atoms with Crippen molar-refractivity contribution in [1.82, 2.24) is 4.90 Å². The lowest BCUT2D eigenvalue weighted by atomic mass is 9.90. The Morgan fingerprint density at radius 2 is 1.69 bits per heavy atom. The summed E-state index contributed by atoms with van der Waals surface area (Å²) in [4.78, 5) is 4.15. The van der Waals surface area contributed by atoms with Crippen LogP contribution in [-0.4, -0.2) is 78.9 Å². The lowest BCUT2D eigenvalue weighted by Crippen LogP contribution is -2.55. The van der Waals surface area contributed by atoms with Crippen molar-refractivity contribution in [2.24, 2.45) is 0 Å². The molecule has 2 aromatic carbocycles. The molecular formula is C24H30F2N2O4. The van der Waals surface area contributed by atoms with E-state index in [4.69, 9.17) is 9.47 Å². The molecule has 0 spiro atoms. The molecule has 0 amide bonds. The molecule has 32 heavy (non-hydrogen) atoms. The van der Waals surface area contributed by atoms with Gasteiger partial charge in [0, 0.05) is 44.5 Å². The standard InChI is InChI=1S/C24H30F2N2O4/c25-19-4-6-21(7-5-19)28-10-8-23(29,9-11-28)15-27-12-13-31-17-24(30,16-27)18-32-22-3-1-2-20(26)14-22/h1-7,14,29-30H,8-13,15-18H2/t24-/m1/s1. The number of aliphatic hydroxyl groups is 2. The molecule has 2 aliphatic rings. The van der Waals surface area contributed by atoms with E-state index in [0.29, 0.717) is 51.4 Å². The number of halogens is 2. The van der Waals surface area contributed by atoms with Crippen molar-refractivity contribution in [3.63, 3.8) is 0 Å².